The molecule has 1 aromatic rings. The van der Waals surface area contributed by atoms with Gasteiger partial charge in [0.05, 0.1) is 6.26 Å². The standard InChI is InChI=1S/C15H23N3O4S/c1-3-13-6-4-5-7-14(13)22-12-16-15(19)17-8-10-18(11-9-17)23(2,20)21/h4-7H,3,8-12H2,1-2H3,(H,16,19). The van der Waals surface area contributed by atoms with Gasteiger partial charge in [0.2, 0.25) is 10.0 Å². The highest BCUT2D eigenvalue weighted by atomic mass is 32.2. The monoisotopic (exact) mass is 341 g/mol. The second-order valence-corrected chi connectivity index (χ2v) is 7.36. The Morgan fingerprint density at radius 1 is 1.22 bits per heavy atom. The van der Waals surface area contributed by atoms with Crippen LogP contribution in [0.25, 0.3) is 0 Å². The molecule has 23 heavy (non-hydrogen) atoms. The number of amides is 2. The second kappa shape index (κ2) is 7.65. The van der Waals surface area contributed by atoms with Crippen LogP contribution in [0.1, 0.15) is 12.5 Å². The van der Waals surface area contributed by atoms with Crippen molar-refractivity contribution in [2.24, 2.45) is 0 Å². The van der Waals surface area contributed by atoms with Crippen molar-refractivity contribution in [1.29, 1.82) is 0 Å². The van der Waals surface area contributed by atoms with Crippen molar-refractivity contribution in [3.8, 4) is 5.75 Å². The van der Waals surface area contributed by atoms with Crippen molar-refractivity contribution >= 4 is 16.1 Å². The maximum Gasteiger partial charge on any atom is 0.320 e. The molecule has 1 fully saturated rings. The molecular weight excluding hydrogens is 318 g/mol. The maximum atomic E-state index is 12.1. The number of nitrogens with one attached hydrogen (secondary N) is 1. The van der Waals surface area contributed by atoms with Gasteiger partial charge in [-0.1, -0.05) is 25.1 Å². The van der Waals surface area contributed by atoms with Crippen LogP contribution < -0.4 is 10.1 Å². The highest BCUT2D eigenvalue weighted by Gasteiger charge is 2.25. The minimum Gasteiger partial charge on any atom is -0.473 e. The number of ether oxygens (including phenoxy) is 1. The lowest BCUT2D eigenvalue weighted by Crippen LogP contribution is -2.53. The molecule has 0 aliphatic carbocycles. The predicted molar refractivity (Wildman–Crippen MR) is 87.8 cm³/mol. The van der Waals surface area contributed by atoms with Gasteiger partial charge in [-0.05, 0) is 18.1 Å². The van der Waals surface area contributed by atoms with Crippen molar-refractivity contribution in [1.82, 2.24) is 14.5 Å². The van der Waals surface area contributed by atoms with Gasteiger partial charge in [-0.3, -0.25) is 0 Å². The molecule has 128 valence electrons. The van der Waals surface area contributed by atoms with Gasteiger partial charge in [0.25, 0.3) is 0 Å². The van der Waals surface area contributed by atoms with Gasteiger partial charge in [0.15, 0.2) is 6.73 Å². The van der Waals surface area contributed by atoms with E-state index in [2.05, 4.69) is 5.32 Å². The number of para-hydroxylation sites is 1. The van der Waals surface area contributed by atoms with Crippen LogP contribution in [0.15, 0.2) is 24.3 Å². The molecule has 1 heterocycles. The SMILES string of the molecule is CCc1ccccc1OCNC(=O)N1CCN(S(C)(=O)=O)CC1. The largest absolute Gasteiger partial charge is 0.473 e. The molecule has 0 unspecified atom stereocenters. The molecule has 2 rings (SSSR count). The Hall–Kier alpha value is -1.80. The van der Waals surface area contributed by atoms with Crippen molar-refractivity contribution in [2.75, 3.05) is 39.2 Å². The Morgan fingerprint density at radius 2 is 1.87 bits per heavy atom. The fourth-order valence-electron chi connectivity index (χ4n) is 2.45. The lowest BCUT2D eigenvalue weighted by Gasteiger charge is -2.33. The summed E-state index contributed by atoms with van der Waals surface area (Å²) in [7, 11) is -3.19. The van der Waals surface area contributed by atoms with Gasteiger partial charge < -0.3 is 15.0 Å². The van der Waals surface area contributed by atoms with Crippen LogP contribution in [-0.2, 0) is 16.4 Å². The zero-order valence-corrected chi connectivity index (χ0v) is 14.3. The number of sulfonamides is 1. The van der Waals surface area contributed by atoms with Crippen molar-refractivity contribution < 1.29 is 17.9 Å². The zero-order chi connectivity index (χ0) is 16.9. The van der Waals surface area contributed by atoms with E-state index in [1.807, 2.05) is 31.2 Å². The molecule has 0 aromatic heterocycles. The van der Waals surface area contributed by atoms with Crippen LogP contribution in [0.3, 0.4) is 0 Å². The Balaban J connectivity index is 1.78. The Kier molecular flexibility index (Phi) is 5.84. The molecule has 2 amide bonds. The summed E-state index contributed by atoms with van der Waals surface area (Å²) in [6.07, 6.45) is 2.04. The summed E-state index contributed by atoms with van der Waals surface area (Å²) in [5.74, 6) is 0.761. The number of nitrogens with zero attached hydrogens (tertiary/aromatic N) is 2. The van der Waals surface area contributed by atoms with E-state index >= 15 is 0 Å². The first kappa shape index (κ1) is 17.6. The molecule has 7 nitrogen and oxygen atoms in total. The van der Waals surface area contributed by atoms with E-state index in [1.54, 1.807) is 4.90 Å². The minimum absolute atomic E-state index is 0.0855. The minimum atomic E-state index is -3.19. The first-order valence-electron chi connectivity index (χ1n) is 7.60. The Bertz CT molecular complexity index is 640. The molecule has 1 saturated heterocycles. The summed E-state index contributed by atoms with van der Waals surface area (Å²) in [6, 6.07) is 7.45. The van der Waals surface area contributed by atoms with E-state index in [1.165, 1.54) is 10.6 Å². The van der Waals surface area contributed by atoms with Gasteiger partial charge in [-0.25, -0.2) is 13.2 Å². The van der Waals surface area contributed by atoms with Crippen molar-refractivity contribution in [3.63, 3.8) is 0 Å². The van der Waals surface area contributed by atoms with E-state index in [-0.39, 0.29) is 12.8 Å². The number of hydrogen-bond donors (Lipinski definition) is 1. The Labute approximate surface area is 137 Å². The number of hydrogen-bond acceptors (Lipinski definition) is 4. The number of urea groups is 1. The van der Waals surface area contributed by atoms with Crippen LogP contribution in [0.4, 0.5) is 4.79 Å². The lowest BCUT2D eigenvalue weighted by molar-refractivity contribution is 0.162. The zero-order valence-electron chi connectivity index (χ0n) is 13.5. The third kappa shape index (κ3) is 4.84. The van der Waals surface area contributed by atoms with Crippen LogP contribution in [0, 0.1) is 0 Å². The number of carbonyl (C=O) groups is 1. The molecule has 0 radical (unpaired) electrons. The molecule has 1 N–H and O–H groups in total. The average Bonchev–Trinajstić information content (AvgIpc) is 2.54. The summed E-state index contributed by atoms with van der Waals surface area (Å²) < 4.78 is 29.9. The average molecular weight is 341 g/mol. The normalized spacial score (nSPS) is 16.2. The van der Waals surface area contributed by atoms with Crippen LogP contribution in [0.5, 0.6) is 5.75 Å². The number of aryl methyl sites for hydroxylation is 1. The van der Waals surface area contributed by atoms with Gasteiger partial charge in [0, 0.05) is 26.2 Å². The molecule has 8 heteroatoms. The second-order valence-electron chi connectivity index (χ2n) is 5.38. The number of piperazine rings is 1. The topological polar surface area (TPSA) is 79.0 Å². The third-order valence-electron chi connectivity index (χ3n) is 3.80. The van der Waals surface area contributed by atoms with E-state index < -0.39 is 10.0 Å². The van der Waals surface area contributed by atoms with E-state index in [0.29, 0.717) is 26.2 Å². The third-order valence-corrected chi connectivity index (χ3v) is 5.10. The quantitative estimate of drug-likeness (QED) is 0.806. The first-order valence-corrected chi connectivity index (χ1v) is 9.45. The lowest BCUT2D eigenvalue weighted by atomic mass is 10.1. The molecule has 1 aliphatic heterocycles. The molecule has 0 bridgehead atoms. The summed E-state index contributed by atoms with van der Waals surface area (Å²) >= 11 is 0. The van der Waals surface area contributed by atoms with Crippen LogP contribution in [0.2, 0.25) is 0 Å². The molecule has 0 atom stereocenters. The summed E-state index contributed by atoms with van der Waals surface area (Å²) in [5, 5.41) is 2.70. The fraction of sp³-hybridized carbons (Fsp3) is 0.533. The first-order chi connectivity index (χ1) is 10.9. The molecule has 0 saturated carbocycles. The van der Waals surface area contributed by atoms with Gasteiger partial charge >= 0.3 is 6.03 Å². The van der Waals surface area contributed by atoms with E-state index in [9.17, 15) is 13.2 Å². The van der Waals surface area contributed by atoms with Crippen molar-refractivity contribution in [3.05, 3.63) is 29.8 Å². The maximum absolute atomic E-state index is 12.1. The van der Waals surface area contributed by atoms with Gasteiger partial charge in [-0.2, -0.15) is 4.31 Å². The van der Waals surface area contributed by atoms with Gasteiger partial charge in [0.1, 0.15) is 5.75 Å². The smallest absolute Gasteiger partial charge is 0.320 e. The van der Waals surface area contributed by atoms with Crippen molar-refractivity contribution in [2.45, 2.75) is 13.3 Å². The highest BCUT2D eigenvalue weighted by Crippen LogP contribution is 2.17. The number of carbonyl (C=O) groups excluding carboxylic acids is 1. The fourth-order valence-corrected chi connectivity index (χ4v) is 3.27. The summed E-state index contributed by atoms with van der Waals surface area (Å²) in [6.45, 7) is 3.54. The summed E-state index contributed by atoms with van der Waals surface area (Å²) in [4.78, 5) is 13.7. The predicted octanol–water partition coefficient (Wildman–Crippen LogP) is 0.872. The van der Waals surface area contributed by atoms with E-state index in [4.69, 9.17) is 4.74 Å². The Morgan fingerprint density at radius 3 is 2.48 bits per heavy atom. The van der Waals surface area contributed by atoms with E-state index in [0.717, 1.165) is 17.7 Å². The molecular formula is C15H23N3O4S. The number of rotatable bonds is 5. The molecule has 1 aliphatic rings. The highest BCUT2D eigenvalue weighted by molar-refractivity contribution is 7.88. The number of benzene rings is 1. The van der Waals surface area contributed by atoms with Crippen LogP contribution >= 0.6 is 0 Å². The molecule has 0 spiro atoms. The van der Waals surface area contributed by atoms with Gasteiger partial charge in [-0.15, -0.1) is 0 Å². The molecule has 1 aromatic carbocycles. The van der Waals surface area contributed by atoms with Crippen LogP contribution in [-0.4, -0.2) is 62.8 Å². The summed E-state index contributed by atoms with van der Waals surface area (Å²) in [5.41, 5.74) is 1.09.